The van der Waals surface area contributed by atoms with E-state index in [1.54, 1.807) is 6.26 Å². The average Bonchev–Trinajstić information content (AvgIpc) is 2.48. The fourth-order valence-corrected chi connectivity index (χ4v) is 1.82. The lowest BCUT2D eigenvalue weighted by Crippen LogP contribution is -2.09. The number of ether oxygens (including phenoxy) is 1. The number of nitrogens with one attached hydrogen (secondary N) is 1. The van der Waals surface area contributed by atoms with Crippen LogP contribution in [0.4, 0.5) is 15.9 Å². The van der Waals surface area contributed by atoms with Crippen molar-refractivity contribution in [3.05, 3.63) is 40.2 Å². The molecule has 0 saturated heterocycles. The van der Waals surface area contributed by atoms with E-state index in [1.165, 1.54) is 17.8 Å². The first-order valence-corrected chi connectivity index (χ1v) is 6.77. The summed E-state index contributed by atoms with van der Waals surface area (Å²) < 4.78 is 18.4. The minimum atomic E-state index is -0.739. The number of nitro groups is 1. The Morgan fingerprint density at radius 2 is 2.19 bits per heavy atom. The largest absolute Gasteiger partial charge is 0.432 e. The molecule has 1 heterocycles. The number of nitro benzene ring substituents is 1. The number of aromatic nitrogens is 2. The second-order valence-corrected chi connectivity index (χ2v) is 4.47. The third-order valence-electron chi connectivity index (χ3n) is 2.34. The van der Waals surface area contributed by atoms with Gasteiger partial charge in [0.05, 0.1) is 11.0 Å². The van der Waals surface area contributed by atoms with E-state index in [9.17, 15) is 14.5 Å². The maximum absolute atomic E-state index is 13.1. The lowest BCUT2D eigenvalue weighted by molar-refractivity contribution is -0.385. The molecule has 110 valence electrons. The van der Waals surface area contributed by atoms with Crippen molar-refractivity contribution in [1.82, 2.24) is 9.97 Å². The van der Waals surface area contributed by atoms with Crippen molar-refractivity contribution in [1.29, 1.82) is 0 Å². The molecule has 1 aromatic heterocycles. The van der Waals surface area contributed by atoms with Gasteiger partial charge in [-0.2, -0.15) is 4.98 Å². The van der Waals surface area contributed by atoms with E-state index < -0.39 is 16.4 Å². The number of thioether (sulfide) groups is 1. The zero-order valence-electron chi connectivity index (χ0n) is 10.7. The Labute approximate surface area is 122 Å². The molecule has 0 aliphatic carbocycles. The summed E-state index contributed by atoms with van der Waals surface area (Å²) in [6.07, 6.45) is 1.75. The molecular formula is C11H10FN5O3S. The molecule has 0 spiro atoms. The predicted octanol–water partition coefficient (Wildman–Crippen LogP) is 2.32. The number of anilines is 1. The van der Waals surface area contributed by atoms with Crippen molar-refractivity contribution in [3.63, 3.8) is 0 Å². The zero-order valence-corrected chi connectivity index (χ0v) is 11.6. The summed E-state index contributed by atoms with van der Waals surface area (Å²) in [5, 5.41) is 11.3. The summed E-state index contributed by atoms with van der Waals surface area (Å²) in [6.45, 7) is 0. The Bertz CT molecular complexity index is 663. The molecule has 0 saturated carbocycles. The Kier molecular flexibility index (Phi) is 4.50. The van der Waals surface area contributed by atoms with Crippen molar-refractivity contribution in [2.45, 2.75) is 5.16 Å². The maximum Gasteiger partial charge on any atom is 0.314 e. The third kappa shape index (κ3) is 3.55. The van der Waals surface area contributed by atoms with Gasteiger partial charge in [-0.1, -0.05) is 11.8 Å². The quantitative estimate of drug-likeness (QED) is 0.284. The van der Waals surface area contributed by atoms with Crippen LogP contribution in [0.5, 0.6) is 11.6 Å². The van der Waals surface area contributed by atoms with Gasteiger partial charge in [0.25, 0.3) is 0 Å². The molecule has 3 N–H and O–H groups in total. The van der Waals surface area contributed by atoms with Crippen molar-refractivity contribution in [2.75, 3.05) is 11.7 Å². The van der Waals surface area contributed by atoms with Gasteiger partial charge in [-0.15, -0.1) is 0 Å². The van der Waals surface area contributed by atoms with E-state index in [-0.39, 0.29) is 17.4 Å². The number of halogens is 1. The summed E-state index contributed by atoms with van der Waals surface area (Å²) in [4.78, 5) is 18.2. The lowest BCUT2D eigenvalue weighted by Gasteiger charge is -2.08. The monoisotopic (exact) mass is 311 g/mol. The zero-order chi connectivity index (χ0) is 15.4. The highest BCUT2D eigenvalue weighted by Crippen LogP contribution is 2.32. The van der Waals surface area contributed by atoms with E-state index in [2.05, 4.69) is 15.4 Å². The Morgan fingerprint density at radius 3 is 2.81 bits per heavy atom. The normalized spacial score (nSPS) is 10.2. The molecule has 0 atom stereocenters. The van der Waals surface area contributed by atoms with Crippen LogP contribution in [0.25, 0.3) is 0 Å². The van der Waals surface area contributed by atoms with Crippen LogP contribution in [0.15, 0.2) is 29.4 Å². The van der Waals surface area contributed by atoms with E-state index in [0.717, 1.165) is 18.2 Å². The molecule has 2 aromatic rings. The smallest absolute Gasteiger partial charge is 0.314 e. The number of hydrogen-bond acceptors (Lipinski definition) is 8. The van der Waals surface area contributed by atoms with E-state index in [0.29, 0.717) is 5.16 Å². The van der Waals surface area contributed by atoms with Crippen LogP contribution in [0, 0.1) is 15.9 Å². The molecule has 2 rings (SSSR count). The molecule has 0 aliphatic heterocycles. The standard InChI is InChI=1S/C11H10FN5O3S/c1-21-11-14-9(16-13)5-10(15-11)20-8-3-2-6(12)4-7(8)17(18)19/h2-5H,13H2,1H3,(H,14,15,16). The molecule has 0 fully saturated rings. The topological polar surface area (TPSA) is 116 Å². The molecule has 0 unspecified atom stereocenters. The third-order valence-corrected chi connectivity index (χ3v) is 2.89. The highest BCUT2D eigenvalue weighted by Gasteiger charge is 2.18. The van der Waals surface area contributed by atoms with Crippen LogP contribution >= 0.6 is 11.8 Å². The number of nitrogen functional groups attached to an aromatic ring is 1. The van der Waals surface area contributed by atoms with E-state index >= 15 is 0 Å². The number of benzene rings is 1. The van der Waals surface area contributed by atoms with Gasteiger partial charge in [0, 0.05) is 6.07 Å². The molecule has 0 aliphatic rings. The number of hydrazine groups is 1. The van der Waals surface area contributed by atoms with Crippen LogP contribution in [0.3, 0.4) is 0 Å². The first kappa shape index (κ1) is 14.9. The summed E-state index contributed by atoms with van der Waals surface area (Å²) in [7, 11) is 0. The summed E-state index contributed by atoms with van der Waals surface area (Å²) in [5.41, 5.74) is 1.84. The van der Waals surface area contributed by atoms with Crippen LogP contribution in [-0.4, -0.2) is 21.1 Å². The van der Waals surface area contributed by atoms with Gasteiger partial charge in [-0.25, -0.2) is 15.2 Å². The van der Waals surface area contributed by atoms with E-state index in [4.69, 9.17) is 10.6 Å². The van der Waals surface area contributed by atoms with Crippen molar-refractivity contribution < 1.29 is 14.1 Å². The van der Waals surface area contributed by atoms with Crippen molar-refractivity contribution in [3.8, 4) is 11.6 Å². The van der Waals surface area contributed by atoms with Gasteiger partial charge in [-0.05, 0) is 18.4 Å². The fraction of sp³-hybridized carbons (Fsp3) is 0.0909. The first-order chi connectivity index (χ1) is 10.0. The predicted molar refractivity (Wildman–Crippen MR) is 74.8 cm³/mol. The second kappa shape index (κ2) is 6.33. The minimum absolute atomic E-state index is 0.0528. The minimum Gasteiger partial charge on any atom is -0.432 e. The number of hydrogen-bond donors (Lipinski definition) is 2. The fourth-order valence-electron chi connectivity index (χ4n) is 1.45. The Morgan fingerprint density at radius 1 is 1.43 bits per heavy atom. The van der Waals surface area contributed by atoms with Gasteiger partial charge in [-0.3, -0.25) is 10.1 Å². The molecule has 0 amide bonds. The molecule has 10 heteroatoms. The Balaban J connectivity index is 2.40. The lowest BCUT2D eigenvalue weighted by atomic mass is 10.3. The number of nitrogens with two attached hydrogens (primary N) is 1. The first-order valence-electron chi connectivity index (χ1n) is 5.55. The van der Waals surface area contributed by atoms with Crippen molar-refractivity contribution >= 4 is 23.3 Å². The SMILES string of the molecule is CSc1nc(NN)cc(Oc2ccc(F)cc2[N+](=O)[O-])n1. The van der Waals surface area contributed by atoms with Gasteiger partial charge in [0.1, 0.15) is 11.6 Å². The summed E-state index contributed by atoms with van der Waals surface area (Å²) in [6, 6.07) is 4.35. The molecule has 21 heavy (non-hydrogen) atoms. The second-order valence-electron chi connectivity index (χ2n) is 3.69. The van der Waals surface area contributed by atoms with Gasteiger partial charge in [0.15, 0.2) is 5.16 Å². The molecule has 1 aromatic carbocycles. The van der Waals surface area contributed by atoms with Crippen LogP contribution in [0.2, 0.25) is 0 Å². The van der Waals surface area contributed by atoms with Gasteiger partial charge < -0.3 is 10.2 Å². The number of rotatable bonds is 5. The summed E-state index contributed by atoms with van der Waals surface area (Å²) >= 11 is 1.24. The van der Waals surface area contributed by atoms with Gasteiger partial charge in [0.2, 0.25) is 11.6 Å². The molecular weight excluding hydrogens is 301 g/mol. The maximum atomic E-state index is 13.1. The van der Waals surface area contributed by atoms with Gasteiger partial charge >= 0.3 is 5.69 Å². The van der Waals surface area contributed by atoms with Crippen LogP contribution < -0.4 is 16.0 Å². The molecule has 0 bridgehead atoms. The summed E-state index contributed by atoms with van der Waals surface area (Å²) in [5.74, 6) is 4.75. The number of nitrogens with zero attached hydrogens (tertiary/aromatic N) is 3. The van der Waals surface area contributed by atoms with Crippen LogP contribution in [0.1, 0.15) is 0 Å². The molecule has 8 nitrogen and oxygen atoms in total. The highest BCUT2D eigenvalue weighted by molar-refractivity contribution is 7.98. The van der Waals surface area contributed by atoms with Crippen molar-refractivity contribution in [2.24, 2.45) is 5.84 Å². The van der Waals surface area contributed by atoms with Crippen LogP contribution in [-0.2, 0) is 0 Å². The highest BCUT2D eigenvalue weighted by atomic mass is 32.2. The molecule has 0 radical (unpaired) electrons. The Hall–Kier alpha value is -2.46. The average molecular weight is 311 g/mol. The van der Waals surface area contributed by atoms with E-state index in [1.807, 2.05) is 0 Å².